The standard InChI is InChI=1S/C13H15N3O2/c1-8-9(3-6-18-8)13-15-11-4-5-17-7-10(11)12(14-2)16-13/h3,6H,4-5,7H2,1-2H3,(H,14,15,16). The van der Waals surface area contributed by atoms with Crippen LogP contribution >= 0.6 is 0 Å². The van der Waals surface area contributed by atoms with Crippen LogP contribution in [-0.4, -0.2) is 23.6 Å². The molecule has 2 aromatic heterocycles. The molecule has 0 saturated heterocycles. The molecule has 0 amide bonds. The first-order valence-corrected chi connectivity index (χ1v) is 5.99. The zero-order chi connectivity index (χ0) is 12.5. The molecule has 0 spiro atoms. The molecular formula is C13H15N3O2. The van der Waals surface area contributed by atoms with Crippen molar-refractivity contribution in [2.24, 2.45) is 0 Å². The van der Waals surface area contributed by atoms with Crippen molar-refractivity contribution in [2.75, 3.05) is 19.0 Å². The van der Waals surface area contributed by atoms with Gasteiger partial charge >= 0.3 is 0 Å². The number of nitrogens with one attached hydrogen (secondary N) is 1. The Bertz CT molecular complexity index is 560. The zero-order valence-electron chi connectivity index (χ0n) is 10.5. The van der Waals surface area contributed by atoms with Gasteiger partial charge < -0.3 is 14.5 Å². The predicted molar refractivity (Wildman–Crippen MR) is 67.4 cm³/mol. The third-order valence-corrected chi connectivity index (χ3v) is 3.16. The maximum absolute atomic E-state index is 5.45. The number of fused-ring (bicyclic) bond motifs is 1. The molecule has 0 radical (unpaired) electrons. The molecule has 0 unspecified atom stereocenters. The number of hydrogen-bond donors (Lipinski definition) is 1. The van der Waals surface area contributed by atoms with E-state index in [1.54, 1.807) is 6.26 Å². The van der Waals surface area contributed by atoms with Crippen molar-refractivity contribution in [2.45, 2.75) is 20.0 Å². The molecule has 3 heterocycles. The molecule has 0 aliphatic carbocycles. The van der Waals surface area contributed by atoms with Crippen molar-refractivity contribution in [3.8, 4) is 11.4 Å². The lowest BCUT2D eigenvalue weighted by Gasteiger charge is -2.19. The number of rotatable bonds is 2. The molecule has 3 rings (SSSR count). The van der Waals surface area contributed by atoms with E-state index in [0.29, 0.717) is 12.4 Å². The molecule has 1 aliphatic heterocycles. The Morgan fingerprint density at radius 3 is 2.94 bits per heavy atom. The second-order valence-electron chi connectivity index (χ2n) is 4.26. The minimum atomic E-state index is 0.580. The summed E-state index contributed by atoms with van der Waals surface area (Å²) in [5.74, 6) is 2.39. The predicted octanol–water partition coefficient (Wildman–Crippen LogP) is 2.16. The molecule has 2 aromatic rings. The van der Waals surface area contributed by atoms with E-state index in [-0.39, 0.29) is 0 Å². The summed E-state index contributed by atoms with van der Waals surface area (Å²) in [4.78, 5) is 9.18. The molecule has 1 N–H and O–H groups in total. The summed E-state index contributed by atoms with van der Waals surface area (Å²) in [5, 5.41) is 3.12. The first-order chi connectivity index (χ1) is 8.79. The Kier molecular flexibility index (Phi) is 2.76. The maximum atomic E-state index is 5.45. The minimum Gasteiger partial charge on any atom is -0.469 e. The molecule has 0 fully saturated rings. The fourth-order valence-electron chi connectivity index (χ4n) is 2.18. The second kappa shape index (κ2) is 4.42. The van der Waals surface area contributed by atoms with Crippen LogP contribution in [0.3, 0.4) is 0 Å². The van der Waals surface area contributed by atoms with Gasteiger partial charge in [0.05, 0.1) is 30.7 Å². The summed E-state index contributed by atoms with van der Waals surface area (Å²) >= 11 is 0. The smallest absolute Gasteiger partial charge is 0.165 e. The van der Waals surface area contributed by atoms with Gasteiger partial charge in [-0.2, -0.15) is 0 Å². The quantitative estimate of drug-likeness (QED) is 0.878. The van der Waals surface area contributed by atoms with Crippen molar-refractivity contribution < 1.29 is 9.15 Å². The van der Waals surface area contributed by atoms with Crippen molar-refractivity contribution >= 4 is 5.82 Å². The molecule has 0 aromatic carbocycles. The molecule has 94 valence electrons. The highest BCUT2D eigenvalue weighted by Gasteiger charge is 2.19. The molecule has 0 atom stereocenters. The molecule has 0 bridgehead atoms. The topological polar surface area (TPSA) is 60.2 Å². The van der Waals surface area contributed by atoms with Crippen LogP contribution in [0.5, 0.6) is 0 Å². The summed E-state index contributed by atoms with van der Waals surface area (Å²) < 4.78 is 10.8. The van der Waals surface area contributed by atoms with Crippen LogP contribution in [0.4, 0.5) is 5.82 Å². The first kappa shape index (κ1) is 11.2. The third kappa shape index (κ3) is 1.76. The Morgan fingerprint density at radius 1 is 1.33 bits per heavy atom. The van der Waals surface area contributed by atoms with Crippen LogP contribution in [0, 0.1) is 6.92 Å². The summed E-state index contributed by atoms with van der Waals surface area (Å²) in [6.45, 7) is 3.22. The van der Waals surface area contributed by atoms with E-state index >= 15 is 0 Å². The SMILES string of the molecule is CNc1nc(-c2ccoc2C)nc2c1COCC2. The van der Waals surface area contributed by atoms with Gasteiger partial charge in [0.15, 0.2) is 5.82 Å². The van der Waals surface area contributed by atoms with Crippen LogP contribution in [-0.2, 0) is 17.8 Å². The second-order valence-corrected chi connectivity index (χ2v) is 4.26. The normalized spacial score (nSPS) is 14.3. The number of furan rings is 1. The molecular weight excluding hydrogens is 230 g/mol. The van der Waals surface area contributed by atoms with Crippen molar-refractivity contribution in [1.29, 1.82) is 0 Å². The van der Waals surface area contributed by atoms with E-state index in [2.05, 4.69) is 15.3 Å². The van der Waals surface area contributed by atoms with Crippen LogP contribution in [0.1, 0.15) is 17.0 Å². The summed E-state index contributed by atoms with van der Waals surface area (Å²) in [6, 6.07) is 1.90. The lowest BCUT2D eigenvalue weighted by atomic mass is 10.1. The number of nitrogens with zero attached hydrogens (tertiary/aromatic N) is 2. The monoisotopic (exact) mass is 245 g/mol. The lowest BCUT2D eigenvalue weighted by Crippen LogP contribution is -2.16. The minimum absolute atomic E-state index is 0.580. The zero-order valence-corrected chi connectivity index (χ0v) is 10.5. The molecule has 5 heteroatoms. The summed E-state index contributed by atoms with van der Waals surface area (Å²) in [5.41, 5.74) is 3.07. The number of hydrogen-bond acceptors (Lipinski definition) is 5. The van der Waals surface area contributed by atoms with Gasteiger partial charge in [-0.05, 0) is 13.0 Å². The van der Waals surface area contributed by atoms with Gasteiger partial charge in [0.2, 0.25) is 0 Å². The van der Waals surface area contributed by atoms with Gasteiger partial charge in [-0.15, -0.1) is 0 Å². The lowest BCUT2D eigenvalue weighted by molar-refractivity contribution is 0.109. The summed E-state index contributed by atoms with van der Waals surface area (Å²) in [7, 11) is 1.86. The van der Waals surface area contributed by atoms with Gasteiger partial charge in [0, 0.05) is 19.0 Å². The van der Waals surface area contributed by atoms with E-state index in [1.807, 2.05) is 20.0 Å². The van der Waals surface area contributed by atoms with E-state index in [4.69, 9.17) is 9.15 Å². The van der Waals surface area contributed by atoms with Crippen LogP contribution in [0.25, 0.3) is 11.4 Å². The van der Waals surface area contributed by atoms with Crippen LogP contribution in [0.2, 0.25) is 0 Å². The fourth-order valence-corrected chi connectivity index (χ4v) is 2.18. The first-order valence-electron chi connectivity index (χ1n) is 5.99. The maximum Gasteiger partial charge on any atom is 0.165 e. The average molecular weight is 245 g/mol. The van der Waals surface area contributed by atoms with E-state index < -0.39 is 0 Å². The Labute approximate surface area is 105 Å². The largest absolute Gasteiger partial charge is 0.469 e. The third-order valence-electron chi connectivity index (χ3n) is 3.16. The molecule has 1 aliphatic rings. The van der Waals surface area contributed by atoms with Gasteiger partial charge in [-0.25, -0.2) is 9.97 Å². The van der Waals surface area contributed by atoms with Gasteiger partial charge in [0.1, 0.15) is 11.6 Å². The fraction of sp³-hybridized carbons (Fsp3) is 0.385. The van der Waals surface area contributed by atoms with E-state index in [1.165, 1.54) is 0 Å². The Hall–Kier alpha value is -1.88. The highest BCUT2D eigenvalue weighted by Crippen LogP contribution is 2.27. The van der Waals surface area contributed by atoms with E-state index in [9.17, 15) is 0 Å². The van der Waals surface area contributed by atoms with Crippen LogP contribution < -0.4 is 5.32 Å². The van der Waals surface area contributed by atoms with E-state index in [0.717, 1.165) is 41.4 Å². The highest BCUT2D eigenvalue weighted by atomic mass is 16.5. The average Bonchev–Trinajstić information content (AvgIpc) is 2.83. The van der Waals surface area contributed by atoms with Crippen molar-refractivity contribution in [3.05, 3.63) is 29.3 Å². The molecule has 5 nitrogen and oxygen atoms in total. The Morgan fingerprint density at radius 2 is 2.22 bits per heavy atom. The Balaban J connectivity index is 2.14. The van der Waals surface area contributed by atoms with Crippen molar-refractivity contribution in [3.63, 3.8) is 0 Å². The number of aromatic nitrogens is 2. The van der Waals surface area contributed by atoms with Gasteiger partial charge in [-0.3, -0.25) is 0 Å². The summed E-state index contributed by atoms with van der Waals surface area (Å²) in [6.07, 6.45) is 2.49. The number of ether oxygens (including phenoxy) is 1. The number of aryl methyl sites for hydroxylation is 1. The number of anilines is 1. The molecule has 0 saturated carbocycles. The van der Waals surface area contributed by atoms with Gasteiger partial charge in [-0.1, -0.05) is 0 Å². The highest BCUT2D eigenvalue weighted by molar-refractivity contribution is 5.61. The molecule has 18 heavy (non-hydrogen) atoms. The van der Waals surface area contributed by atoms with Gasteiger partial charge in [0.25, 0.3) is 0 Å². The van der Waals surface area contributed by atoms with Crippen molar-refractivity contribution in [1.82, 2.24) is 9.97 Å². The van der Waals surface area contributed by atoms with Crippen LogP contribution in [0.15, 0.2) is 16.7 Å².